The highest BCUT2D eigenvalue weighted by Gasteiger charge is 2.31. The fraction of sp³-hybridized carbons (Fsp3) is 0.700. The van der Waals surface area contributed by atoms with E-state index in [9.17, 15) is 14.4 Å². The number of hydrogen-bond acceptors (Lipinski definition) is 4. The molecule has 0 aromatic carbocycles. The summed E-state index contributed by atoms with van der Waals surface area (Å²) in [4.78, 5) is 35.9. The molecule has 0 aliphatic rings. The Bertz CT molecular complexity index is 304. The molecular formula is C10H18N2O4. The Kier molecular flexibility index (Phi) is 4.47. The van der Waals surface area contributed by atoms with Crippen LogP contribution in [0.1, 0.15) is 27.7 Å². The van der Waals surface area contributed by atoms with Crippen LogP contribution < -0.4 is 0 Å². The first-order chi connectivity index (χ1) is 7.06. The molecule has 4 amide bonds. The fourth-order valence-corrected chi connectivity index (χ4v) is 0.849. The summed E-state index contributed by atoms with van der Waals surface area (Å²) >= 11 is 0. The average Bonchev–Trinajstić information content (AvgIpc) is 1.99. The minimum Gasteiger partial charge on any atom is -0.443 e. The minimum absolute atomic E-state index is 0.464. The topological polar surface area (TPSA) is 66.9 Å². The van der Waals surface area contributed by atoms with E-state index < -0.39 is 23.6 Å². The van der Waals surface area contributed by atoms with Gasteiger partial charge >= 0.3 is 12.1 Å². The summed E-state index contributed by atoms with van der Waals surface area (Å²) in [6.45, 7) is 6.10. The molecule has 0 rings (SSSR count). The molecule has 0 radical (unpaired) electrons. The second kappa shape index (κ2) is 4.96. The van der Waals surface area contributed by atoms with E-state index in [0.29, 0.717) is 4.90 Å². The van der Waals surface area contributed by atoms with Crippen LogP contribution in [0.4, 0.5) is 9.59 Å². The molecule has 0 spiro atoms. The Morgan fingerprint density at radius 2 is 1.50 bits per heavy atom. The molecule has 0 fully saturated rings. The molecule has 0 bridgehead atoms. The molecule has 0 aliphatic heterocycles. The van der Waals surface area contributed by atoms with Gasteiger partial charge in [-0.05, 0) is 20.8 Å². The van der Waals surface area contributed by atoms with Gasteiger partial charge in [-0.3, -0.25) is 4.79 Å². The summed E-state index contributed by atoms with van der Waals surface area (Å²) in [5, 5.41) is 0. The third-order valence-corrected chi connectivity index (χ3v) is 1.46. The molecule has 6 heteroatoms. The molecule has 0 saturated heterocycles. The number of urea groups is 1. The standard InChI is InChI=1S/C10H18N2O4/c1-7(13)12(8(14)11(5)6)9(15)16-10(2,3)4/h1-6H3. The zero-order valence-electron chi connectivity index (χ0n) is 10.5. The Balaban J connectivity index is 4.88. The summed E-state index contributed by atoms with van der Waals surface area (Å²) in [5.41, 5.74) is -0.753. The Hall–Kier alpha value is -1.59. The van der Waals surface area contributed by atoms with E-state index in [1.54, 1.807) is 20.8 Å². The molecule has 0 unspecified atom stereocenters. The lowest BCUT2D eigenvalue weighted by atomic mass is 10.2. The van der Waals surface area contributed by atoms with Gasteiger partial charge in [0, 0.05) is 21.0 Å². The molecule has 6 nitrogen and oxygen atoms in total. The van der Waals surface area contributed by atoms with Crippen molar-refractivity contribution in [2.75, 3.05) is 14.1 Å². The van der Waals surface area contributed by atoms with Gasteiger partial charge in [-0.1, -0.05) is 0 Å². The number of ether oxygens (including phenoxy) is 1. The van der Waals surface area contributed by atoms with Crippen molar-refractivity contribution in [3.05, 3.63) is 0 Å². The zero-order valence-corrected chi connectivity index (χ0v) is 10.5. The van der Waals surface area contributed by atoms with Crippen molar-refractivity contribution >= 4 is 18.0 Å². The molecule has 0 heterocycles. The Labute approximate surface area is 95.1 Å². The maximum atomic E-state index is 11.6. The van der Waals surface area contributed by atoms with Crippen molar-refractivity contribution in [2.24, 2.45) is 0 Å². The predicted molar refractivity (Wildman–Crippen MR) is 57.8 cm³/mol. The lowest BCUT2D eigenvalue weighted by Crippen LogP contribution is -2.47. The van der Waals surface area contributed by atoms with Gasteiger partial charge in [0.15, 0.2) is 0 Å². The van der Waals surface area contributed by atoms with E-state index in [2.05, 4.69) is 0 Å². The molecule has 0 aromatic heterocycles. The second-order valence-corrected chi connectivity index (χ2v) is 4.51. The molecule has 92 valence electrons. The van der Waals surface area contributed by atoms with Gasteiger partial charge in [0.1, 0.15) is 5.60 Å². The zero-order chi connectivity index (χ0) is 13.1. The van der Waals surface area contributed by atoms with Crippen molar-refractivity contribution < 1.29 is 19.1 Å². The van der Waals surface area contributed by atoms with Crippen LogP contribution in [0.3, 0.4) is 0 Å². The second-order valence-electron chi connectivity index (χ2n) is 4.51. The number of imide groups is 3. The van der Waals surface area contributed by atoms with Gasteiger partial charge in [-0.15, -0.1) is 0 Å². The van der Waals surface area contributed by atoms with Crippen molar-refractivity contribution in [2.45, 2.75) is 33.3 Å². The van der Waals surface area contributed by atoms with Crippen LogP contribution in [-0.4, -0.2) is 47.5 Å². The number of carbonyl (C=O) groups is 3. The van der Waals surface area contributed by atoms with Gasteiger partial charge in [0.2, 0.25) is 5.91 Å². The van der Waals surface area contributed by atoms with Gasteiger partial charge in [0.25, 0.3) is 0 Å². The molecule has 0 saturated carbocycles. The normalized spacial score (nSPS) is 10.6. The molecule has 16 heavy (non-hydrogen) atoms. The summed E-state index contributed by atoms with van der Waals surface area (Å²) < 4.78 is 4.95. The van der Waals surface area contributed by atoms with Crippen LogP contribution in [0.25, 0.3) is 0 Å². The highest BCUT2D eigenvalue weighted by atomic mass is 16.6. The third kappa shape index (κ3) is 4.29. The van der Waals surface area contributed by atoms with Gasteiger partial charge in [-0.25, -0.2) is 9.59 Å². The SMILES string of the molecule is CC(=O)N(C(=O)OC(C)(C)C)C(=O)N(C)C. The third-order valence-electron chi connectivity index (χ3n) is 1.46. The number of nitrogens with zero attached hydrogens (tertiary/aromatic N) is 2. The van der Waals surface area contributed by atoms with E-state index in [4.69, 9.17) is 4.74 Å². The predicted octanol–water partition coefficient (Wildman–Crippen LogP) is 1.45. The largest absolute Gasteiger partial charge is 0.443 e. The summed E-state index contributed by atoms with van der Waals surface area (Å²) in [6, 6.07) is -0.721. The van der Waals surface area contributed by atoms with Crippen molar-refractivity contribution in [3.63, 3.8) is 0 Å². The highest BCUT2D eigenvalue weighted by Crippen LogP contribution is 2.11. The van der Waals surface area contributed by atoms with Crippen LogP contribution in [0.2, 0.25) is 0 Å². The molecular weight excluding hydrogens is 212 g/mol. The van der Waals surface area contributed by atoms with E-state index in [1.165, 1.54) is 14.1 Å². The maximum absolute atomic E-state index is 11.6. The molecule has 0 N–H and O–H groups in total. The van der Waals surface area contributed by atoms with Crippen LogP contribution >= 0.6 is 0 Å². The summed E-state index contributed by atoms with van der Waals surface area (Å²) in [6.07, 6.45) is -0.960. The maximum Gasteiger partial charge on any atom is 0.425 e. The summed E-state index contributed by atoms with van der Waals surface area (Å²) in [5.74, 6) is -0.673. The van der Waals surface area contributed by atoms with Gasteiger partial charge < -0.3 is 9.64 Å². The van der Waals surface area contributed by atoms with Gasteiger partial charge in [-0.2, -0.15) is 4.90 Å². The van der Waals surface area contributed by atoms with E-state index in [0.717, 1.165) is 11.8 Å². The molecule has 0 atom stereocenters. The number of amides is 4. The van der Waals surface area contributed by atoms with E-state index in [1.807, 2.05) is 0 Å². The quantitative estimate of drug-likeness (QED) is 0.631. The first-order valence-corrected chi connectivity index (χ1v) is 4.81. The molecule has 0 aromatic rings. The first kappa shape index (κ1) is 14.4. The smallest absolute Gasteiger partial charge is 0.425 e. The molecule has 0 aliphatic carbocycles. The van der Waals surface area contributed by atoms with Crippen molar-refractivity contribution in [1.29, 1.82) is 0 Å². The average molecular weight is 230 g/mol. The van der Waals surface area contributed by atoms with Gasteiger partial charge in [0.05, 0.1) is 0 Å². The van der Waals surface area contributed by atoms with Crippen molar-refractivity contribution in [3.8, 4) is 0 Å². The van der Waals surface area contributed by atoms with Crippen LogP contribution in [0.15, 0.2) is 0 Å². The Morgan fingerprint density at radius 1 is 1.06 bits per heavy atom. The first-order valence-electron chi connectivity index (χ1n) is 4.81. The van der Waals surface area contributed by atoms with Crippen LogP contribution in [-0.2, 0) is 9.53 Å². The highest BCUT2D eigenvalue weighted by molar-refractivity contribution is 6.07. The number of rotatable bonds is 0. The van der Waals surface area contributed by atoms with Crippen molar-refractivity contribution in [1.82, 2.24) is 9.80 Å². The number of carbonyl (C=O) groups excluding carboxylic acids is 3. The lowest BCUT2D eigenvalue weighted by molar-refractivity contribution is -0.125. The van der Waals surface area contributed by atoms with E-state index in [-0.39, 0.29) is 0 Å². The summed E-state index contributed by atoms with van der Waals surface area (Å²) in [7, 11) is 2.89. The van der Waals surface area contributed by atoms with E-state index >= 15 is 0 Å². The Morgan fingerprint density at radius 3 is 1.75 bits per heavy atom. The monoisotopic (exact) mass is 230 g/mol. The minimum atomic E-state index is -0.960. The van der Waals surface area contributed by atoms with Crippen LogP contribution in [0.5, 0.6) is 0 Å². The number of hydrogen-bond donors (Lipinski definition) is 0. The lowest BCUT2D eigenvalue weighted by Gasteiger charge is -2.25. The van der Waals surface area contributed by atoms with Crippen LogP contribution in [0, 0.1) is 0 Å². The fourth-order valence-electron chi connectivity index (χ4n) is 0.849.